The quantitative estimate of drug-likeness (QED) is 0.247. The second kappa shape index (κ2) is 16.7. The molecule has 2 aliphatic rings. The van der Waals surface area contributed by atoms with Crippen molar-refractivity contribution in [2.45, 2.75) is 119 Å². The molecule has 50 heavy (non-hydrogen) atoms. The minimum Gasteiger partial charge on any atom is -0.508 e. The smallest absolute Gasteiger partial charge is 0.312 e. The average Bonchev–Trinajstić information content (AvgIpc) is 3.07. The molecule has 1 heterocycles. The molecule has 1 N–H and O–H groups in total. The third-order valence-corrected chi connectivity index (χ3v) is 9.99. The first-order valence-corrected chi connectivity index (χ1v) is 17.6. The monoisotopic (exact) mass is 690 g/mol. The highest BCUT2D eigenvalue weighted by Crippen LogP contribution is 2.32. The van der Waals surface area contributed by atoms with E-state index >= 15 is 0 Å². The van der Waals surface area contributed by atoms with Crippen molar-refractivity contribution in [3.8, 4) is 11.5 Å². The van der Waals surface area contributed by atoms with Gasteiger partial charge < -0.3 is 19.3 Å². The molecule has 0 fully saturated rings. The Balaban J connectivity index is 0.000000206. The largest absolute Gasteiger partial charge is 0.508 e. The molecule has 8 heteroatoms. The zero-order valence-corrected chi connectivity index (χ0v) is 31.4. The maximum absolute atomic E-state index is 12.9. The number of phenolic OH excluding ortho intramolecular Hbond substituents is 1. The summed E-state index contributed by atoms with van der Waals surface area (Å²) < 4.78 is 29.6. The summed E-state index contributed by atoms with van der Waals surface area (Å²) in [4.78, 5) is 35.9. The zero-order valence-electron chi connectivity index (χ0n) is 31.4. The number of aromatic hydroxyl groups is 1. The maximum Gasteiger partial charge on any atom is 0.312 e. The number of carbonyl (C=O) groups is 3. The number of esters is 2. The lowest BCUT2D eigenvalue weighted by atomic mass is 9.88. The normalized spacial score (nSPS) is 18.5. The lowest BCUT2D eigenvalue weighted by molar-refractivity contribution is -0.168. The summed E-state index contributed by atoms with van der Waals surface area (Å²) in [5, 5.41) is 9.52. The fourth-order valence-corrected chi connectivity index (χ4v) is 5.22. The molecular weight excluding hydrogens is 635 g/mol. The van der Waals surface area contributed by atoms with Gasteiger partial charge in [0.05, 0.1) is 22.3 Å². The van der Waals surface area contributed by atoms with Crippen LogP contribution in [0, 0.1) is 22.6 Å². The van der Waals surface area contributed by atoms with Crippen LogP contribution in [0.4, 0.5) is 4.39 Å². The Bertz CT molecular complexity index is 1620. The lowest BCUT2D eigenvalue weighted by Crippen LogP contribution is -2.33. The van der Waals surface area contributed by atoms with Gasteiger partial charge in [0.1, 0.15) is 35.1 Å². The van der Waals surface area contributed by atoms with E-state index in [0.29, 0.717) is 18.4 Å². The van der Waals surface area contributed by atoms with Crippen LogP contribution >= 0.6 is 0 Å². The number of carbonyl (C=O) groups excluding carboxylic acids is 3. The molecule has 1 aliphatic heterocycles. The summed E-state index contributed by atoms with van der Waals surface area (Å²) >= 11 is 0. The van der Waals surface area contributed by atoms with Crippen molar-refractivity contribution >= 4 is 17.7 Å². The van der Waals surface area contributed by atoms with E-state index in [-0.39, 0.29) is 47.4 Å². The Hall–Kier alpha value is -4.20. The van der Waals surface area contributed by atoms with E-state index in [1.165, 1.54) is 17.7 Å². The lowest BCUT2D eigenvalue weighted by Gasteiger charge is -2.30. The number of hydrogen-bond acceptors (Lipinski definition) is 7. The van der Waals surface area contributed by atoms with Gasteiger partial charge in [0.2, 0.25) is 0 Å². The molecule has 0 saturated heterocycles. The Morgan fingerprint density at radius 3 is 2.08 bits per heavy atom. The number of phenols is 1. The van der Waals surface area contributed by atoms with Crippen LogP contribution in [0.15, 0.2) is 66.7 Å². The van der Waals surface area contributed by atoms with Crippen LogP contribution in [-0.4, -0.2) is 35.0 Å². The maximum atomic E-state index is 12.9. The Kier molecular flexibility index (Phi) is 13.4. The van der Waals surface area contributed by atoms with E-state index in [2.05, 4.69) is 0 Å². The van der Waals surface area contributed by atoms with Gasteiger partial charge in [-0.25, -0.2) is 4.39 Å². The molecule has 3 unspecified atom stereocenters. The van der Waals surface area contributed by atoms with Gasteiger partial charge in [0.25, 0.3) is 0 Å². The third kappa shape index (κ3) is 10.4. The van der Waals surface area contributed by atoms with E-state index in [0.717, 1.165) is 36.1 Å². The molecule has 0 radical (unpaired) electrons. The Morgan fingerprint density at radius 1 is 0.860 bits per heavy atom. The van der Waals surface area contributed by atoms with E-state index in [9.17, 15) is 23.9 Å². The molecule has 272 valence electrons. The number of para-hydroxylation sites is 1. The first-order chi connectivity index (χ1) is 23.3. The number of ketones is 1. The number of hydrogen-bond donors (Lipinski definition) is 1. The second-order valence-corrected chi connectivity index (χ2v) is 15.1. The van der Waals surface area contributed by atoms with Crippen LogP contribution in [-0.2, 0) is 37.5 Å². The predicted octanol–water partition coefficient (Wildman–Crippen LogP) is 9.56. The number of rotatable bonds is 7. The fraction of sp³-hybridized carbons (Fsp3) is 0.500. The van der Waals surface area contributed by atoms with Gasteiger partial charge in [-0.3, -0.25) is 14.4 Å². The van der Waals surface area contributed by atoms with Crippen molar-refractivity contribution in [1.82, 2.24) is 0 Å². The molecule has 0 spiro atoms. The van der Waals surface area contributed by atoms with Crippen molar-refractivity contribution in [1.29, 1.82) is 0 Å². The molecule has 0 aromatic heterocycles. The first kappa shape index (κ1) is 40.2. The molecule has 5 rings (SSSR count). The third-order valence-electron chi connectivity index (χ3n) is 9.99. The van der Waals surface area contributed by atoms with Crippen LogP contribution in [0.3, 0.4) is 0 Å². The standard InChI is InChI=1S/C16H22O3.C15H21FO2.C11H12O2/c1-4-16(2,3)15(18)19-14-8-6-11-5-7-13(17)9-12(11)10-14;1-6-14(2,3)13(17)18-15(4,5)11-7-9-12(16)10-8-11;1-7-8(2)13-10-6-4-3-5-9(10)11(7)12/h5,7,9,14,17H,4,6,8,10H2,1-3H3;7-10H,6H2,1-5H3;3-8H,1-2H3. The fourth-order valence-electron chi connectivity index (χ4n) is 5.22. The van der Waals surface area contributed by atoms with Gasteiger partial charge in [-0.05, 0) is 127 Å². The summed E-state index contributed by atoms with van der Waals surface area (Å²) in [6.45, 7) is 18.9. The molecule has 0 bridgehead atoms. The SMILES string of the molecule is CC1Oc2ccccc2C(=O)C1C.CCC(C)(C)C(=O)OC(C)(C)c1ccc(F)cc1.CCC(C)(C)C(=O)OC1CCc2ccc(O)cc2C1. The Morgan fingerprint density at radius 2 is 1.46 bits per heavy atom. The summed E-state index contributed by atoms with van der Waals surface area (Å²) in [5.41, 5.74) is 2.17. The summed E-state index contributed by atoms with van der Waals surface area (Å²) in [7, 11) is 0. The minimum absolute atomic E-state index is 0.0117. The topological polar surface area (TPSA) is 99.1 Å². The predicted molar refractivity (Wildman–Crippen MR) is 194 cm³/mol. The molecule has 0 amide bonds. The first-order valence-electron chi connectivity index (χ1n) is 17.6. The zero-order chi connectivity index (χ0) is 37.4. The highest BCUT2D eigenvalue weighted by Gasteiger charge is 2.34. The van der Waals surface area contributed by atoms with Crippen molar-refractivity contribution < 1.29 is 38.1 Å². The van der Waals surface area contributed by atoms with Crippen LogP contribution in [0.2, 0.25) is 0 Å². The van der Waals surface area contributed by atoms with Crippen LogP contribution in [0.5, 0.6) is 11.5 Å². The van der Waals surface area contributed by atoms with E-state index in [1.807, 2.05) is 99.6 Å². The molecule has 0 saturated carbocycles. The van der Waals surface area contributed by atoms with Crippen molar-refractivity contribution in [3.05, 3.63) is 94.8 Å². The summed E-state index contributed by atoms with van der Waals surface area (Å²) in [5.74, 6) is 0.500. The van der Waals surface area contributed by atoms with Gasteiger partial charge >= 0.3 is 11.9 Å². The van der Waals surface area contributed by atoms with Crippen LogP contribution < -0.4 is 4.74 Å². The Labute approximate surface area is 297 Å². The highest BCUT2D eigenvalue weighted by atomic mass is 19.1. The van der Waals surface area contributed by atoms with Gasteiger partial charge in [0.15, 0.2) is 5.78 Å². The molecule has 3 aromatic rings. The van der Waals surface area contributed by atoms with Gasteiger partial charge in [-0.1, -0.05) is 51.1 Å². The number of aryl methyl sites for hydroxylation is 1. The number of fused-ring (bicyclic) bond motifs is 2. The number of benzene rings is 3. The summed E-state index contributed by atoms with van der Waals surface area (Å²) in [6, 6.07) is 18.9. The number of halogens is 1. The molecule has 3 aromatic carbocycles. The minimum atomic E-state index is -0.753. The number of ether oxygens (including phenoxy) is 3. The van der Waals surface area contributed by atoms with E-state index in [4.69, 9.17) is 14.2 Å². The van der Waals surface area contributed by atoms with Crippen molar-refractivity contribution in [3.63, 3.8) is 0 Å². The van der Waals surface area contributed by atoms with Gasteiger partial charge in [-0.15, -0.1) is 0 Å². The van der Waals surface area contributed by atoms with Crippen molar-refractivity contribution in [2.75, 3.05) is 0 Å². The highest BCUT2D eigenvalue weighted by molar-refractivity contribution is 6.01. The van der Waals surface area contributed by atoms with Gasteiger partial charge in [0, 0.05) is 6.42 Å². The molecular formula is C42H55FO7. The van der Waals surface area contributed by atoms with Crippen LogP contribution in [0.25, 0.3) is 0 Å². The summed E-state index contributed by atoms with van der Waals surface area (Å²) in [6.07, 6.45) is 3.88. The van der Waals surface area contributed by atoms with Crippen molar-refractivity contribution in [2.24, 2.45) is 16.7 Å². The molecule has 3 atom stereocenters. The molecule has 7 nitrogen and oxygen atoms in total. The second-order valence-electron chi connectivity index (χ2n) is 15.1. The van der Waals surface area contributed by atoms with E-state index < -0.39 is 16.4 Å². The van der Waals surface area contributed by atoms with E-state index in [1.54, 1.807) is 24.3 Å². The van der Waals surface area contributed by atoms with Gasteiger partial charge in [-0.2, -0.15) is 0 Å². The average molecular weight is 691 g/mol. The van der Waals surface area contributed by atoms with Crippen LogP contribution in [0.1, 0.15) is 116 Å². The number of Topliss-reactive ketones (excluding diaryl/α,β-unsaturated/α-hetero) is 1. The molecule has 1 aliphatic carbocycles.